The monoisotopic (exact) mass is 397 g/mol. The highest BCUT2D eigenvalue weighted by Gasteiger charge is 2.35. The van der Waals surface area contributed by atoms with Crippen molar-refractivity contribution in [2.24, 2.45) is 0 Å². The van der Waals surface area contributed by atoms with E-state index in [1.165, 1.54) is 11.3 Å². The van der Waals surface area contributed by atoms with Crippen LogP contribution >= 0.6 is 0 Å². The molecule has 1 atom stereocenters. The van der Waals surface area contributed by atoms with Crippen molar-refractivity contribution in [3.63, 3.8) is 0 Å². The molecule has 0 spiro atoms. The van der Waals surface area contributed by atoms with E-state index in [-0.39, 0.29) is 6.04 Å². The molecule has 0 saturated carbocycles. The van der Waals surface area contributed by atoms with Gasteiger partial charge in [0, 0.05) is 41.4 Å². The highest BCUT2D eigenvalue weighted by Crippen LogP contribution is 2.41. The van der Waals surface area contributed by atoms with Crippen molar-refractivity contribution >= 4 is 28.1 Å². The molecule has 0 amide bonds. The molecule has 0 unspecified atom stereocenters. The summed E-state index contributed by atoms with van der Waals surface area (Å²) < 4.78 is 5.81. The van der Waals surface area contributed by atoms with E-state index < -0.39 is 0 Å². The Kier molecular flexibility index (Phi) is 3.99. The van der Waals surface area contributed by atoms with Crippen molar-refractivity contribution in [1.82, 2.24) is 15.0 Å². The van der Waals surface area contributed by atoms with Gasteiger partial charge < -0.3 is 19.5 Å². The lowest BCUT2D eigenvalue weighted by atomic mass is 10.1. The minimum Gasteiger partial charge on any atom is -0.377 e. The third-order valence-corrected chi connectivity index (χ3v) is 6.18. The minimum atomic E-state index is 0.275. The lowest BCUT2D eigenvalue weighted by Crippen LogP contribution is -2.54. The molecule has 4 aromatic rings. The second-order valence-corrected chi connectivity index (χ2v) is 7.97. The van der Waals surface area contributed by atoms with Crippen LogP contribution in [0.2, 0.25) is 0 Å². The van der Waals surface area contributed by atoms with E-state index in [0.29, 0.717) is 6.61 Å². The van der Waals surface area contributed by atoms with Crippen LogP contribution in [-0.4, -0.2) is 47.3 Å². The molecule has 1 N–H and O–H groups in total. The molecule has 0 radical (unpaired) electrons. The van der Waals surface area contributed by atoms with Crippen molar-refractivity contribution in [3.8, 4) is 11.4 Å². The molecular weight excluding hydrogens is 374 g/mol. The van der Waals surface area contributed by atoms with Gasteiger partial charge in [-0.1, -0.05) is 30.3 Å². The number of hydrogen-bond acceptors (Lipinski definition) is 5. The Labute approximate surface area is 175 Å². The standard InChI is InChI=1S/C24H23N5O/c1-16-5-2-3-8-21(16)29-14-17-15-30-12-11-28(17)24-22(29)13-26-23(27-24)19-6-4-7-20-18(19)9-10-25-20/h2-10,13,17,25H,11-12,14-15H2,1H3/t17-/m1/s1. The maximum atomic E-state index is 5.81. The van der Waals surface area contributed by atoms with Gasteiger partial charge in [-0.3, -0.25) is 0 Å². The van der Waals surface area contributed by atoms with E-state index in [0.717, 1.165) is 53.5 Å². The Balaban J connectivity index is 1.53. The molecule has 2 aliphatic heterocycles. The maximum Gasteiger partial charge on any atom is 0.162 e. The average molecular weight is 397 g/mol. The van der Waals surface area contributed by atoms with Crippen LogP contribution in [-0.2, 0) is 4.74 Å². The molecule has 0 bridgehead atoms. The molecule has 2 aromatic carbocycles. The summed E-state index contributed by atoms with van der Waals surface area (Å²) in [5.74, 6) is 1.76. The highest BCUT2D eigenvalue weighted by molar-refractivity contribution is 5.94. The van der Waals surface area contributed by atoms with Crippen LogP contribution in [0.3, 0.4) is 0 Å². The van der Waals surface area contributed by atoms with Crippen LogP contribution in [0.4, 0.5) is 17.2 Å². The van der Waals surface area contributed by atoms with Gasteiger partial charge in [0.05, 0.1) is 25.5 Å². The maximum absolute atomic E-state index is 5.81. The van der Waals surface area contributed by atoms with E-state index in [4.69, 9.17) is 14.7 Å². The predicted molar refractivity (Wildman–Crippen MR) is 119 cm³/mol. The second-order valence-electron chi connectivity index (χ2n) is 7.97. The Morgan fingerprint density at radius 1 is 1.07 bits per heavy atom. The summed E-state index contributed by atoms with van der Waals surface area (Å²) in [5, 5.41) is 1.14. The molecule has 150 valence electrons. The smallest absolute Gasteiger partial charge is 0.162 e. The van der Waals surface area contributed by atoms with Crippen LogP contribution < -0.4 is 9.80 Å². The number of fused-ring (bicyclic) bond motifs is 4. The predicted octanol–water partition coefficient (Wildman–Crippen LogP) is 4.29. The van der Waals surface area contributed by atoms with Crippen LogP contribution in [0.1, 0.15) is 5.56 Å². The number of aryl methyl sites for hydroxylation is 1. The van der Waals surface area contributed by atoms with Gasteiger partial charge in [-0.25, -0.2) is 9.97 Å². The molecule has 0 aliphatic carbocycles. The zero-order valence-electron chi connectivity index (χ0n) is 16.9. The number of nitrogens with zero attached hydrogens (tertiary/aromatic N) is 4. The van der Waals surface area contributed by atoms with Gasteiger partial charge in [0.25, 0.3) is 0 Å². The molecule has 6 heteroatoms. The summed E-state index contributed by atoms with van der Waals surface area (Å²) in [6, 6.07) is 17.1. The van der Waals surface area contributed by atoms with Gasteiger partial charge in [-0.2, -0.15) is 0 Å². The first-order chi connectivity index (χ1) is 14.8. The number of aromatic nitrogens is 3. The quantitative estimate of drug-likeness (QED) is 0.547. The SMILES string of the molecule is Cc1ccccc1N1C[C@@H]2COCCN2c2nc(-c3cccc4[nH]ccc34)ncc21. The second kappa shape index (κ2) is 6.85. The number of rotatable bonds is 2. The Hall–Kier alpha value is -3.38. The number of ether oxygens (including phenoxy) is 1. The highest BCUT2D eigenvalue weighted by atomic mass is 16.5. The summed E-state index contributed by atoms with van der Waals surface area (Å²) in [6.45, 7) is 5.32. The Bertz CT molecular complexity index is 1230. The lowest BCUT2D eigenvalue weighted by Gasteiger charge is -2.45. The van der Waals surface area contributed by atoms with E-state index in [1.807, 2.05) is 18.5 Å². The summed E-state index contributed by atoms with van der Waals surface area (Å²) in [4.78, 5) is 17.9. The fourth-order valence-electron chi connectivity index (χ4n) is 4.67. The Morgan fingerprint density at radius 3 is 2.93 bits per heavy atom. The van der Waals surface area contributed by atoms with Gasteiger partial charge in [0.2, 0.25) is 0 Å². The zero-order chi connectivity index (χ0) is 20.1. The number of anilines is 3. The normalized spacial score (nSPS) is 18.4. The van der Waals surface area contributed by atoms with Crippen LogP contribution in [0, 0.1) is 6.92 Å². The van der Waals surface area contributed by atoms with E-state index in [1.54, 1.807) is 0 Å². The first-order valence-electron chi connectivity index (χ1n) is 10.4. The van der Waals surface area contributed by atoms with Crippen molar-refractivity contribution in [2.45, 2.75) is 13.0 Å². The third kappa shape index (κ3) is 2.68. The largest absolute Gasteiger partial charge is 0.377 e. The number of H-pyrrole nitrogens is 1. The Morgan fingerprint density at radius 2 is 2.00 bits per heavy atom. The van der Waals surface area contributed by atoms with Gasteiger partial charge in [-0.15, -0.1) is 0 Å². The molecule has 6 rings (SSSR count). The van der Waals surface area contributed by atoms with Gasteiger partial charge in [-0.05, 0) is 30.7 Å². The fourth-order valence-corrected chi connectivity index (χ4v) is 4.67. The molecule has 4 heterocycles. The van der Waals surface area contributed by atoms with E-state index >= 15 is 0 Å². The summed E-state index contributed by atoms with van der Waals surface area (Å²) in [7, 11) is 0. The molecular formula is C24H23N5O. The molecule has 1 saturated heterocycles. The average Bonchev–Trinajstić information content (AvgIpc) is 3.28. The van der Waals surface area contributed by atoms with E-state index in [2.05, 4.69) is 64.2 Å². The summed E-state index contributed by atoms with van der Waals surface area (Å²) >= 11 is 0. The van der Waals surface area contributed by atoms with E-state index in [9.17, 15) is 0 Å². The van der Waals surface area contributed by atoms with Gasteiger partial charge in [0.1, 0.15) is 5.69 Å². The molecule has 2 aromatic heterocycles. The molecule has 6 nitrogen and oxygen atoms in total. The van der Waals surface area contributed by atoms with Crippen molar-refractivity contribution in [1.29, 1.82) is 0 Å². The number of benzene rings is 2. The summed E-state index contributed by atoms with van der Waals surface area (Å²) in [6.07, 6.45) is 3.95. The summed E-state index contributed by atoms with van der Waals surface area (Å²) in [5.41, 5.74) is 5.66. The van der Waals surface area contributed by atoms with Gasteiger partial charge in [0.15, 0.2) is 11.6 Å². The van der Waals surface area contributed by atoms with Crippen molar-refractivity contribution in [3.05, 3.63) is 66.5 Å². The number of hydrogen-bond donors (Lipinski definition) is 1. The van der Waals surface area contributed by atoms with Crippen LogP contribution in [0.25, 0.3) is 22.3 Å². The lowest BCUT2D eigenvalue weighted by molar-refractivity contribution is 0.0945. The first-order valence-corrected chi connectivity index (χ1v) is 10.4. The molecule has 30 heavy (non-hydrogen) atoms. The zero-order valence-corrected chi connectivity index (χ0v) is 16.9. The molecule has 2 aliphatic rings. The van der Waals surface area contributed by atoms with Crippen LogP contribution in [0.15, 0.2) is 60.9 Å². The molecule has 1 fully saturated rings. The number of para-hydroxylation sites is 1. The van der Waals surface area contributed by atoms with Crippen LogP contribution in [0.5, 0.6) is 0 Å². The third-order valence-electron chi connectivity index (χ3n) is 6.18. The van der Waals surface area contributed by atoms with Crippen molar-refractivity contribution < 1.29 is 4.74 Å². The topological polar surface area (TPSA) is 57.3 Å². The number of morpholine rings is 1. The first kappa shape index (κ1) is 17.5. The fraction of sp³-hybridized carbons (Fsp3) is 0.250. The minimum absolute atomic E-state index is 0.275. The van der Waals surface area contributed by atoms with Crippen molar-refractivity contribution in [2.75, 3.05) is 36.1 Å². The number of nitrogens with one attached hydrogen (secondary N) is 1. The number of aromatic amines is 1. The van der Waals surface area contributed by atoms with Gasteiger partial charge >= 0.3 is 0 Å².